The molecule has 0 bridgehead atoms. The number of alkyl halides is 3. The lowest BCUT2D eigenvalue weighted by atomic mass is 10.0. The highest BCUT2D eigenvalue weighted by atomic mass is 32.1. The highest BCUT2D eigenvalue weighted by Gasteiger charge is 2.33. The Hall–Kier alpha value is -4.01. The van der Waals surface area contributed by atoms with Crippen LogP contribution in [0.4, 0.5) is 18.9 Å². The van der Waals surface area contributed by atoms with Gasteiger partial charge in [0, 0.05) is 37.0 Å². The van der Waals surface area contributed by atoms with E-state index in [1.807, 2.05) is 34.7 Å². The van der Waals surface area contributed by atoms with Crippen molar-refractivity contribution in [1.82, 2.24) is 10.6 Å². The van der Waals surface area contributed by atoms with Crippen LogP contribution in [0.2, 0.25) is 0 Å². The van der Waals surface area contributed by atoms with Gasteiger partial charge in [0.15, 0.2) is 0 Å². The minimum absolute atomic E-state index is 0.0260. The number of benzene rings is 3. The zero-order chi connectivity index (χ0) is 36.0. The first-order valence-corrected chi connectivity index (χ1v) is 15.9. The monoisotopic (exact) mass is 666 g/mol. The molecule has 0 spiro atoms. The summed E-state index contributed by atoms with van der Waals surface area (Å²) in [5, 5.41) is 9.07. The smallest absolute Gasteiger partial charge is 0.384 e. The molecular formula is C39H53F3N4S. The number of thiol groups is 1. The van der Waals surface area contributed by atoms with E-state index in [1.165, 1.54) is 40.1 Å². The molecule has 256 valence electrons. The van der Waals surface area contributed by atoms with Crippen LogP contribution in [0, 0.1) is 13.8 Å². The molecule has 0 aliphatic heterocycles. The van der Waals surface area contributed by atoms with Crippen molar-refractivity contribution >= 4 is 30.1 Å². The van der Waals surface area contributed by atoms with Crippen molar-refractivity contribution in [3.05, 3.63) is 142 Å². The SMILES string of the molecule is C=C(/C=C(\C)NCc1ccc(CNC)cc1)c1ccccc1C.C=CNc1ccc(C)cc1C(F)(F)F.CC.CN=CC(S)=C(C)C. The van der Waals surface area contributed by atoms with Crippen molar-refractivity contribution in [2.24, 2.45) is 4.99 Å². The van der Waals surface area contributed by atoms with Gasteiger partial charge in [-0.25, -0.2) is 0 Å². The van der Waals surface area contributed by atoms with Crippen molar-refractivity contribution in [2.45, 2.75) is 67.7 Å². The molecule has 0 saturated carbocycles. The average Bonchev–Trinajstić information content (AvgIpc) is 3.03. The summed E-state index contributed by atoms with van der Waals surface area (Å²) in [4.78, 5) is 4.75. The number of anilines is 1. The fourth-order valence-corrected chi connectivity index (χ4v) is 4.04. The Morgan fingerprint density at radius 3 is 1.96 bits per heavy atom. The lowest BCUT2D eigenvalue weighted by molar-refractivity contribution is -0.137. The van der Waals surface area contributed by atoms with Crippen LogP contribution >= 0.6 is 12.6 Å². The van der Waals surface area contributed by atoms with Crippen molar-refractivity contribution < 1.29 is 13.2 Å². The Balaban J connectivity index is 0.000000748. The van der Waals surface area contributed by atoms with Gasteiger partial charge in [-0.05, 0) is 93.9 Å². The second kappa shape index (κ2) is 23.3. The summed E-state index contributed by atoms with van der Waals surface area (Å²) in [6.45, 7) is 23.1. The van der Waals surface area contributed by atoms with E-state index in [2.05, 4.69) is 115 Å². The van der Waals surface area contributed by atoms with Crippen molar-refractivity contribution in [1.29, 1.82) is 0 Å². The van der Waals surface area contributed by atoms with E-state index in [-0.39, 0.29) is 5.69 Å². The van der Waals surface area contributed by atoms with Gasteiger partial charge in [0.25, 0.3) is 0 Å². The Labute approximate surface area is 287 Å². The van der Waals surface area contributed by atoms with E-state index < -0.39 is 11.7 Å². The minimum Gasteiger partial charge on any atom is -0.384 e. The lowest BCUT2D eigenvalue weighted by Crippen LogP contribution is -2.11. The molecule has 0 aliphatic carbocycles. The largest absolute Gasteiger partial charge is 0.418 e. The van der Waals surface area contributed by atoms with Gasteiger partial charge in [0.05, 0.1) is 11.3 Å². The Morgan fingerprint density at radius 1 is 0.915 bits per heavy atom. The number of hydrogen-bond donors (Lipinski definition) is 4. The summed E-state index contributed by atoms with van der Waals surface area (Å²) in [7, 11) is 3.70. The summed E-state index contributed by atoms with van der Waals surface area (Å²) in [5.41, 5.74) is 8.32. The molecule has 3 rings (SSSR count). The number of aliphatic imine (C=N–C) groups is 1. The van der Waals surface area contributed by atoms with Crippen LogP contribution < -0.4 is 16.0 Å². The first-order valence-electron chi connectivity index (χ1n) is 15.5. The Kier molecular flexibility index (Phi) is 21.3. The highest BCUT2D eigenvalue weighted by Crippen LogP contribution is 2.35. The van der Waals surface area contributed by atoms with Crippen LogP contribution in [0.25, 0.3) is 5.57 Å². The fourth-order valence-electron chi connectivity index (χ4n) is 3.92. The molecule has 3 aromatic rings. The maximum absolute atomic E-state index is 12.5. The topological polar surface area (TPSA) is 48.4 Å². The van der Waals surface area contributed by atoms with Crippen molar-refractivity contribution in [2.75, 3.05) is 19.4 Å². The van der Waals surface area contributed by atoms with Crippen LogP contribution in [0.3, 0.4) is 0 Å². The quantitative estimate of drug-likeness (QED) is 0.0989. The molecule has 3 aromatic carbocycles. The molecule has 0 saturated heterocycles. The van der Waals surface area contributed by atoms with E-state index in [0.717, 1.165) is 35.3 Å². The zero-order valence-electron chi connectivity index (χ0n) is 29.4. The van der Waals surface area contributed by atoms with Gasteiger partial charge in [-0.15, -0.1) is 12.6 Å². The molecule has 4 nitrogen and oxygen atoms in total. The maximum atomic E-state index is 12.5. The van der Waals surface area contributed by atoms with E-state index >= 15 is 0 Å². The number of hydrogen-bond acceptors (Lipinski definition) is 5. The van der Waals surface area contributed by atoms with Crippen molar-refractivity contribution in [3.8, 4) is 0 Å². The van der Waals surface area contributed by atoms with Crippen LogP contribution in [0.15, 0.2) is 113 Å². The molecule has 0 aliphatic rings. The van der Waals surface area contributed by atoms with Crippen LogP contribution in [0.1, 0.15) is 68.0 Å². The molecule has 8 heteroatoms. The maximum Gasteiger partial charge on any atom is 0.418 e. The highest BCUT2D eigenvalue weighted by molar-refractivity contribution is 7.85. The van der Waals surface area contributed by atoms with Gasteiger partial charge in [-0.2, -0.15) is 13.2 Å². The molecule has 47 heavy (non-hydrogen) atoms. The molecular weight excluding hydrogens is 614 g/mol. The second-order valence-corrected chi connectivity index (χ2v) is 11.0. The predicted octanol–water partition coefficient (Wildman–Crippen LogP) is 10.9. The second-order valence-electron chi connectivity index (χ2n) is 10.5. The van der Waals surface area contributed by atoms with Gasteiger partial charge >= 0.3 is 6.18 Å². The summed E-state index contributed by atoms with van der Waals surface area (Å²) in [5.74, 6) is 0. The Morgan fingerprint density at radius 2 is 1.49 bits per heavy atom. The number of allylic oxidation sites excluding steroid dienone is 5. The van der Waals surface area contributed by atoms with Gasteiger partial charge in [-0.1, -0.05) is 92.7 Å². The average molecular weight is 667 g/mol. The third-order valence-electron chi connectivity index (χ3n) is 6.36. The normalized spacial score (nSPS) is 10.7. The fraction of sp³-hybridized carbons (Fsp3) is 0.308. The van der Waals surface area contributed by atoms with Gasteiger partial charge < -0.3 is 16.0 Å². The summed E-state index contributed by atoms with van der Waals surface area (Å²) < 4.78 is 37.4. The van der Waals surface area contributed by atoms with E-state index in [4.69, 9.17) is 0 Å². The van der Waals surface area contributed by atoms with Gasteiger partial charge in [0.2, 0.25) is 0 Å². The molecule has 0 amide bonds. The zero-order valence-corrected chi connectivity index (χ0v) is 30.3. The first kappa shape index (κ1) is 43.0. The molecule has 0 fully saturated rings. The molecule has 3 N–H and O–H groups in total. The van der Waals surface area contributed by atoms with Crippen LogP contribution in [0.5, 0.6) is 0 Å². The van der Waals surface area contributed by atoms with Gasteiger partial charge in [-0.3, -0.25) is 4.99 Å². The third kappa shape index (κ3) is 17.5. The summed E-state index contributed by atoms with van der Waals surface area (Å²) >= 11 is 4.14. The van der Waals surface area contributed by atoms with Crippen LogP contribution in [-0.4, -0.2) is 20.3 Å². The number of rotatable bonds is 10. The number of nitrogens with one attached hydrogen (secondary N) is 3. The van der Waals surface area contributed by atoms with E-state index in [1.54, 1.807) is 26.3 Å². The Bertz CT molecular complexity index is 1470. The van der Waals surface area contributed by atoms with Crippen LogP contribution in [-0.2, 0) is 19.3 Å². The number of halogens is 3. The first-order chi connectivity index (χ1) is 22.2. The minimum atomic E-state index is -4.34. The molecule has 0 atom stereocenters. The molecule has 0 radical (unpaired) electrons. The summed E-state index contributed by atoms with van der Waals surface area (Å²) in [6, 6.07) is 21.1. The molecule has 0 aromatic heterocycles. The van der Waals surface area contributed by atoms with Gasteiger partial charge in [0.1, 0.15) is 0 Å². The molecule has 0 unspecified atom stereocenters. The van der Waals surface area contributed by atoms with E-state index in [9.17, 15) is 13.2 Å². The predicted molar refractivity (Wildman–Crippen MR) is 203 cm³/mol. The molecule has 0 heterocycles. The summed E-state index contributed by atoms with van der Waals surface area (Å²) in [6.07, 6.45) is 0.730. The third-order valence-corrected chi connectivity index (χ3v) is 6.92. The standard InChI is InChI=1S/C21H26N2.C10H10F3N.C6H11NS.C2H6/c1-16-7-5-6-8-21(16)17(2)13-18(3)23-15-20-11-9-19(10-12-20)14-22-4;1-3-14-9-5-4-7(2)6-8(9)10(11,12)13;1-5(2)6(8)4-7-3;1-2/h5-13,22-23H,2,14-15H2,1,3-4H3;3-6,14H,1H2,2H3;4,8H,1-3H3;1-2H3/b18-13+;;;. The number of nitrogens with zero attached hydrogens (tertiary/aromatic N) is 1. The van der Waals surface area contributed by atoms with Crippen molar-refractivity contribution in [3.63, 3.8) is 0 Å². The lowest BCUT2D eigenvalue weighted by Gasteiger charge is -2.13. The number of aryl methyl sites for hydroxylation is 2. The van der Waals surface area contributed by atoms with E-state index in [0.29, 0.717) is 5.56 Å².